The lowest BCUT2D eigenvalue weighted by molar-refractivity contribution is -0.384. The summed E-state index contributed by atoms with van der Waals surface area (Å²) in [6, 6.07) is 10.1. The van der Waals surface area contributed by atoms with Crippen LogP contribution in [0.3, 0.4) is 0 Å². The second-order valence-electron chi connectivity index (χ2n) is 7.39. The van der Waals surface area contributed by atoms with Gasteiger partial charge >= 0.3 is 5.97 Å². The lowest BCUT2D eigenvalue weighted by atomic mass is 10.1. The minimum atomic E-state index is -0.753. The molecule has 3 N–H and O–H groups in total. The zero-order valence-electron chi connectivity index (χ0n) is 17.6. The van der Waals surface area contributed by atoms with E-state index in [1.165, 1.54) is 6.07 Å². The number of nitrogens with one attached hydrogen (secondary N) is 1. The maximum Gasteiger partial charge on any atom is 0.338 e. The third-order valence-corrected chi connectivity index (χ3v) is 5.23. The maximum absolute atomic E-state index is 12.9. The van der Waals surface area contributed by atoms with Crippen LogP contribution in [0.25, 0.3) is 0 Å². The summed E-state index contributed by atoms with van der Waals surface area (Å²) in [6.45, 7) is 2.83. The van der Waals surface area contributed by atoms with Crippen molar-refractivity contribution in [1.82, 2.24) is 4.90 Å². The van der Waals surface area contributed by atoms with Gasteiger partial charge in [-0.3, -0.25) is 24.6 Å². The number of benzene rings is 2. The Balaban J connectivity index is 1.85. The van der Waals surface area contributed by atoms with Gasteiger partial charge in [0, 0.05) is 29.9 Å². The summed E-state index contributed by atoms with van der Waals surface area (Å²) in [5, 5.41) is 14.0. The number of nitrogens with two attached hydrogens (primary N) is 1. The quantitative estimate of drug-likeness (QED) is 0.364. The highest BCUT2D eigenvalue weighted by Crippen LogP contribution is 2.25. The molecule has 0 saturated carbocycles. The molecule has 2 amide bonds. The first-order valence-corrected chi connectivity index (χ1v) is 10.2. The second-order valence-corrected chi connectivity index (χ2v) is 7.39. The van der Waals surface area contributed by atoms with E-state index in [1.54, 1.807) is 19.1 Å². The second kappa shape index (κ2) is 10.0. The fraction of sp³-hybridized carbons (Fsp3) is 0.318. The van der Waals surface area contributed by atoms with Crippen molar-refractivity contribution in [2.24, 2.45) is 5.73 Å². The molecule has 0 spiro atoms. The highest BCUT2D eigenvalue weighted by atomic mass is 16.6. The van der Waals surface area contributed by atoms with E-state index < -0.39 is 22.5 Å². The molecule has 1 aliphatic rings. The van der Waals surface area contributed by atoms with Crippen LogP contribution in [0.5, 0.6) is 0 Å². The van der Waals surface area contributed by atoms with E-state index in [-0.39, 0.29) is 29.7 Å². The molecular weight excluding hydrogens is 416 g/mol. The molecule has 1 heterocycles. The van der Waals surface area contributed by atoms with E-state index in [4.69, 9.17) is 10.5 Å². The molecule has 0 radical (unpaired) electrons. The van der Waals surface area contributed by atoms with Gasteiger partial charge in [-0.05, 0) is 44.0 Å². The number of non-ortho nitro benzene ring substituents is 1. The summed E-state index contributed by atoms with van der Waals surface area (Å²) in [4.78, 5) is 49.2. The largest absolute Gasteiger partial charge is 0.462 e. The number of likely N-dealkylation sites (tertiary alicyclic amines) is 1. The molecule has 1 aliphatic heterocycles. The number of carbonyl (C=O) groups excluding carboxylic acids is 3. The van der Waals surface area contributed by atoms with Crippen LogP contribution >= 0.6 is 0 Å². The maximum atomic E-state index is 12.9. The van der Waals surface area contributed by atoms with Crippen LogP contribution in [0.2, 0.25) is 0 Å². The average molecular weight is 440 g/mol. The molecular formula is C22H24N4O6. The van der Waals surface area contributed by atoms with Gasteiger partial charge in [0.15, 0.2) is 0 Å². The molecule has 0 bridgehead atoms. The molecule has 168 valence electrons. The number of nitro benzene ring substituents is 1. The van der Waals surface area contributed by atoms with Crippen molar-refractivity contribution in [2.45, 2.75) is 32.4 Å². The summed E-state index contributed by atoms with van der Waals surface area (Å²) in [5.74, 6) is -1.75. The average Bonchev–Trinajstić information content (AvgIpc) is 3.23. The van der Waals surface area contributed by atoms with E-state index in [2.05, 4.69) is 5.32 Å². The van der Waals surface area contributed by atoms with Gasteiger partial charge in [0.2, 0.25) is 5.91 Å². The minimum absolute atomic E-state index is 0.0479. The minimum Gasteiger partial charge on any atom is -0.462 e. The predicted molar refractivity (Wildman–Crippen MR) is 116 cm³/mol. The highest BCUT2D eigenvalue weighted by Gasteiger charge is 2.29. The van der Waals surface area contributed by atoms with Gasteiger partial charge in [-0.2, -0.15) is 0 Å². The highest BCUT2D eigenvalue weighted by molar-refractivity contribution is 6.06. The van der Waals surface area contributed by atoms with Crippen molar-refractivity contribution >= 4 is 29.2 Å². The van der Waals surface area contributed by atoms with Crippen molar-refractivity contribution in [3.63, 3.8) is 0 Å². The van der Waals surface area contributed by atoms with Crippen LogP contribution in [0.1, 0.15) is 46.0 Å². The number of ether oxygens (including phenoxy) is 1. The standard InChI is InChI=1S/C22H24N4O6/c1-2-32-22(29)16-10-15(11-17(12-16)26(30)31)21(28)24-18-7-4-3-6-14(18)13-25-9-5-8-19(25)20(23)27/h3-4,6-7,10-12,19H,2,5,8-9,13H2,1H3,(H2,23,27)(H,24,28). The van der Waals surface area contributed by atoms with Gasteiger partial charge in [0.1, 0.15) is 0 Å². The predicted octanol–water partition coefficient (Wildman–Crippen LogP) is 2.47. The molecule has 2 aromatic carbocycles. The molecule has 1 unspecified atom stereocenters. The zero-order chi connectivity index (χ0) is 23.3. The Hall–Kier alpha value is -3.79. The number of amides is 2. The lowest BCUT2D eigenvalue weighted by Crippen LogP contribution is -2.39. The number of esters is 1. The van der Waals surface area contributed by atoms with Crippen LogP contribution < -0.4 is 11.1 Å². The Kier molecular flexibility index (Phi) is 7.16. The van der Waals surface area contributed by atoms with Gasteiger partial charge in [-0.1, -0.05) is 18.2 Å². The van der Waals surface area contributed by atoms with Gasteiger partial charge in [0.25, 0.3) is 11.6 Å². The monoisotopic (exact) mass is 440 g/mol. The fourth-order valence-corrected chi connectivity index (χ4v) is 3.71. The zero-order valence-corrected chi connectivity index (χ0v) is 17.6. The van der Waals surface area contributed by atoms with Crippen LogP contribution in [0.4, 0.5) is 11.4 Å². The smallest absolute Gasteiger partial charge is 0.338 e. The van der Waals surface area contributed by atoms with Gasteiger partial charge in [-0.15, -0.1) is 0 Å². The Labute approximate surface area is 184 Å². The molecule has 32 heavy (non-hydrogen) atoms. The molecule has 10 nitrogen and oxygen atoms in total. The summed E-state index contributed by atoms with van der Waals surface area (Å²) in [5.41, 5.74) is 6.23. The van der Waals surface area contributed by atoms with Crippen LogP contribution in [0.15, 0.2) is 42.5 Å². The SMILES string of the molecule is CCOC(=O)c1cc(C(=O)Nc2ccccc2CN2CCCC2C(N)=O)cc([N+](=O)[O-])c1. The van der Waals surface area contributed by atoms with E-state index >= 15 is 0 Å². The Morgan fingerprint density at radius 2 is 1.94 bits per heavy atom. The molecule has 0 aliphatic carbocycles. The first-order valence-electron chi connectivity index (χ1n) is 10.2. The number of nitro groups is 1. The number of para-hydroxylation sites is 1. The first kappa shape index (κ1) is 22.9. The van der Waals surface area contributed by atoms with Gasteiger partial charge < -0.3 is 15.8 Å². The van der Waals surface area contributed by atoms with Crippen molar-refractivity contribution in [3.05, 3.63) is 69.3 Å². The topological polar surface area (TPSA) is 145 Å². The molecule has 10 heteroatoms. The van der Waals surface area contributed by atoms with E-state index in [1.807, 2.05) is 17.0 Å². The summed E-state index contributed by atoms with van der Waals surface area (Å²) in [6.07, 6.45) is 1.54. The van der Waals surface area contributed by atoms with E-state index in [0.29, 0.717) is 25.2 Å². The molecule has 1 saturated heterocycles. The Morgan fingerprint density at radius 3 is 2.62 bits per heavy atom. The summed E-state index contributed by atoms with van der Waals surface area (Å²) in [7, 11) is 0. The number of carbonyl (C=O) groups is 3. The van der Waals surface area contributed by atoms with Gasteiger partial charge in [0.05, 0.1) is 23.1 Å². The number of primary amides is 1. The number of hydrogen-bond acceptors (Lipinski definition) is 7. The third kappa shape index (κ3) is 5.27. The van der Waals surface area contributed by atoms with Crippen LogP contribution in [0, 0.1) is 10.1 Å². The fourth-order valence-electron chi connectivity index (χ4n) is 3.71. The van der Waals surface area contributed by atoms with Crippen molar-refractivity contribution in [2.75, 3.05) is 18.5 Å². The van der Waals surface area contributed by atoms with Crippen LogP contribution in [-0.4, -0.2) is 46.8 Å². The van der Waals surface area contributed by atoms with Gasteiger partial charge in [-0.25, -0.2) is 4.79 Å². The Morgan fingerprint density at radius 1 is 1.22 bits per heavy atom. The van der Waals surface area contributed by atoms with E-state index in [9.17, 15) is 24.5 Å². The molecule has 1 fully saturated rings. The summed E-state index contributed by atoms with van der Waals surface area (Å²) >= 11 is 0. The van der Waals surface area contributed by atoms with Crippen molar-refractivity contribution < 1.29 is 24.0 Å². The number of hydrogen-bond donors (Lipinski definition) is 2. The number of nitrogens with zero attached hydrogens (tertiary/aromatic N) is 2. The normalized spacial score (nSPS) is 15.8. The van der Waals surface area contributed by atoms with Crippen molar-refractivity contribution in [1.29, 1.82) is 0 Å². The first-order chi connectivity index (χ1) is 15.3. The molecule has 3 rings (SSSR count). The molecule has 0 aromatic heterocycles. The van der Waals surface area contributed by atoms with Crippen LogP contribution in [-0.2, 0) is 16.1 Å². The van der Waals surface area contributed by atoms with E-state index in [0.717, 1.165) is 24.1 Å². The molecule has 2 aromatic rings. The Bertz CT molecular complexity index is 1050. The lowest BCUT2D eigenvalue weighted by Gasteiger charge is -2.23. The number of anilines is 1. The number of rotatable bonds is 8. The van der Waals surface area contributed by atoms with Crippen molar-refractivity contribution in [3.8, 4) is 0 Å². The summed E-state index contributed by atoms with van der Waals surface area (Å²) < 4.78 is 4.90. The third-order valence-electron chi connectivity index (χ3n) is 5.23. The molecule has 1 atom stereocenters.